The fourth-order valence-corrected chi connectivity index (χ4v) is 2.21. The van der Waals surface area contributed by atoms with Gasteiger partial charge in [0.1, 0.15) is 0 Å². The summed E-state index contributed by atoms with van der Waals surface area (Å²) >= 11 is 0. The van der Waals surface area contributed by atoms with Gasteiger partial charge in [0.05, 0.1) is 12.5 Å². The number of aliphatic carboxylic acids is 1. The van der Waals surface area contributed by atoms with Crippen LogP contribution in [-0.2, 0) is 9.59 Å². The van der Waals surface area contributed by atoms with Gasteiger partial charge in [-0.15, -0.1) is 0 Å². The van der Waals surface area contributed by atoms with Crippen LogP contribution < -0.4 is 10.2 Å². The number of aryl methyl sites for hydroxylation is 1. The Bertz CT molecular complexity index is 470. The minimum Gasteiger partial charge on any atom is -0.481 e. The van der Waals surface area contributed by atoms with E-state index in [9.17, 15) is 9.59 Å². The third kappa shape index (κ3) is 3.32. The van der Waals surface area contributed by atoms with Crippen LogP contribution in [0.1, 0.15) is 18.4 Å². The molecule has 1 unspecified atom stereocenters. The lowest BCUT2D eigenvalue weighted by Crippen LogP contribution is -2.44. The summed E-state index contributed by atoms with van der Waals surface area (Å²) in [6.45, 7) is 3.26. The monoisotopic (exact) mass is 262 g/mol. The van der Waals surface area contributed by atoms with E-state index in [0.717, 1.165) is 17.7 Å². The van der Waals surface area contributed by atoms with Gasteiger partial charge in [0.15, 0.2) is 0 Å². The van der Waals surface area contributed by atoms with Gasteiger partial charge < -0.3 is 15.3 Å². The molecule has 0 spiro atoms. The van der Waals surface area contributed by atoms with Crippen molar-refractivity contribution in [2.45, 2.75) is 25.8 Å². The van der Waals surface area contributed by atoms with E-state index >= 15 is 0 Å². The van der Waals surface area contributed by atoms with E-state index < -0.39 is 12.0 Å². The third-order valence-corrected chi connectivity index (χ3v) is 3.24. The fourth-order valence-electron chi connectivity index (χ4n) is 2.21. The van der Waals surface area contributed by atoms with Crippen molar-refractivity contribution in [3.8, 4) is 0 Å². The Hall–Kier alpha value is -1.88. The molecular formula is C14H18N2O3. The number of hydrogen-bond donors (Lipinski definition) is 2. The second kappa shape index (κ2) is 5.84. The number of carboxylic acid groups (broad SMARTS) is 1. The molecule has 0 saturated carbocycles. The standard InChI is InChI=1S/C14H18N2O3/c1-10-3-5-11(6-4-10)16-8-2-7-15-12(14(16)19)9-13(17)18/h3-6,12,15H,2,7-9H2,1H3,(H,17,18). The number of nitrogens with one attached hydrogen (secondary N) is 1. The first-order valence-electron chi connectivity index (χ1n) is 6.41. The Morgan fingerprint density at radius 3 is 2.74 bits per heavy atom. The van der Waals surface area contributed by atoms with Crippen LogP contribution in [0.4, 0.5) is 5.69 Å². The van der Waals surface area contributed by atoms with Crippen molar-refractivity contribution in [1.82, 2.24) is 5.32 Å². The highest BCUT2D eigenvalue weighted by Crippen LogP contribution is 2.18. The molecule has 2 N–H and O–H groups in total. The van der Waals surface area contributed by atoms with Gasteiger partial charge >= 0.3 is 5.97 Å². The molecular weight excluding hydrogens is 244 g/mol. The SMILES string of the molecule is Cc1ccc(N2CCCNC(CC(=O)O)C2=O)cc1. The lowest BCUT2D eigenvalue weighted by molar-refractivity contribution is -0.139. The highest BCUT2D eigenvalue weighted by atomic mass is 16.4. The number of rotatable bonds is 3. The van der Waals surface area contributed by atoms with Crippen LogP contribution in [0.5, 0.6) is 0 Å². The van der Waals surface area contributed by atoms with Crippen molar-refractivity contribution in [2.24, 2.45) is 0 Å². The molecule has 5 heteroatoms. The van der Waals surface area contributed by atoms with Crippen LogP contribution in [0, 0.1) is 6.92 Å². The summed E-state index contributed by atoms with van der Waals surface area (Å²) in [4.78, 5) is 24.8. The zero-order chi connectivity index (χ0) is 13.8. The Morgan fingerprint density at radius 2 is 2.11 bits per heavy atom. The summed E-state index contributed by atoms with van der Waals surface area (Å²) in [5, 5.41) is 11.9. The number of anilines is 1. The lowest BCUT2D eigenvalue weighted by Gasteiger charge is -2.23. The van der Waals surface area contributed by atoms with E-state index in [1.807, 2.05) is 31.2 Å². The maximum absolute atomic E-state index is 12.4. The molecule has 1 fully saturated rings. The van der Waals surface area contributed by atoms with Crippen molar-refractivity contribution in [2.75, 3.05) is 18.0 Å². The van der Waals surface area contributed by atoms with Gasteiger partial charge in [-0.2, -0.15) is 0 Å². The smallest absolute Gasteiger partial charge is 0.305 e. The Labute approximate surface area is 112 Å². The molecule has 0 bridgehead atoms. The first-order valence-corrected chi connectivity index (χ1v) is 6.41. The maximum Gasteiger partial charge on any atom is 0.305 e. The van der Waals surface area contributed by atoms with Crippen molar-refractivity contribution in [3.63, 3.8) is 0 Å². The van der Waals surface area contributed by atoms with Gasteiger partial charge in [-0.1, -0.05) is 17.7 Å². The topological polar surface area (TPSA) is 69.6 Å². The zero-order valence-corrected chi connectivity index (χ0v) is 10.9. The van der Waals surface area contributed by atoms with E-state index in [1.54, 1.807) is 4.90 Å². The van der Waals surface area contributed by atoms with Gasteiger partial charge in [0, 0.05) is 12.2 Å². The molecule has 1 heterocycles. The second-order valence-corrected chi connectivity index (χ2v) is 4.78. The van der Waals surface area contributed by atoms with Crippen LogP contribution in [0.15, 0.2) is 24.3 Å². The molecule has 5 nitrogen and oxygen atoms in total. The molecule has 1 atom stereocenters. The van der Waals surface area contributed by atoms with Gasteiger partial charge in [0.25, 0.3) is 0 Å². The Morgan fingerprint density at radius 1 is 1.42 bits per heavy atom. The molecule has 1 aromatic carbocycles. The first kappa shape index (κ1) is 13.5. The summed E-state index contributed by atoms with van der Waals surface area (Å²) in [5.41, 5.74) is 1.96. The molecule has 0 radical (unpaired) electrons. The number of benzene rings is 1. The second-order valence-electron chi connectivity index (χ2n) is 4.78. The Kier molecular flexibility index (Phi) is 4.16. The molecule has 0 aliphatic carbocycles. The summed E-state index contributed by atoms with van der Waals surface area (Å²) in [6.07, 6.45) is 0.636. The summed E-state index contributed by atoms with van der Waals surface area (Å²) in [7, 11) is 0. The highest BCUT2D eigenvalue weighted by molar-refractivity contribution is 5.99. The largest absolute Gasteiger partial charge is 0.481 e. The summed E-state index contributed by atoms with van der Waals surface area (Å²) in [5.74, 6) is -1.12. The molecule has 1 aliphatic heterocycles. The average Bonchev–Trinajstić information content (AvgIpc) is 2.54. The quantitative estimate of drug-likeness (QED) is 0.857. The maximum atomic E-state index is 12.4. The molecule has 1 amide bonds. The predicted molar refractivity (Wildman–Crippen MR) is 72.2 cm³/mol. The van der Waals surface area contributed by atoms with E-state index in [1.165, 1.54) is 0 Å². The number of nitrogens with zero attached hydrogens (tertiary/aromatic N) is 1. The molecule has 0 aromatic heterocycles. The molecule has 102 valence electrons. The van der Waals surface area contributed by atoms with Gasteiger partial charge in [-0.3, -0.25) is 9.59 Å². The molecule has 19 heavy (non-hydrogen) atoms. The molecule has 1 aromatic rings. The lowest BCUT2D eigenvalue weighted by atomic mass is 10.1. The minimum atomic E-state index is -0.961. The van der Waals surface area contributed by atoms with E-state index in [4.69, 9.17) is 5.11 Å². The van der Waals surface area contributed by atoms with Crippen LogP contribution in [0.25, 0.3) is 0 Å². The van der Waals surface area contributed by atoms with Crippen molar-refractivity contribution >= 4 is 17.6 Å². The van der Waals surface area contributed by atoms with Crippen molar-refractivity contribution in [3.05, 3.63) is 29.8 Å². The third-order valence-electron chi connectivity index (χ3n) is 3.24. The molecule has 1 aliphatic rings. The van der Waals surface area contributed by atoms with Crippen LogP contribution >= 0.6 is 0 Å². The van der Waals surface area contributed by atoms with Crippen molar-refractivity contribution < 1.29 is 14.7 Å². The normalized spacial score (nSPS) is 20.2. The zero-order valence-electron chi connectivity index (χ0n) is 10.9. The number of hydrogen-bond acceptors (Lipinski definition) is 3. The summed E-state index contributed by atoms with van der Waals surface area (Å²) < 4.78 is 0. The Balaban J connectivity index is 2.20. The summed E-state index contributed by atoms with van der Waals surface area (Å²) in [6, 6.07) is 7.06. The van der Waals surface area contributed by atoms with Gasteiger partial charge in [0.2, 0.25) is 5.91 Å². The van der Waals surface area contributed by atoms with E-state index in [2.05, 4.69) is 5.32 Å². The van der Waals surface area contributed by atoms with Gasteiger partial charge in [-0.05, 0) is 32.0 Å². The fraction of sp³-hybridized carbons (Fsp3) is 0.429. The minimum absolute atomic E-state index is 0.163. The predicted octanol–water partition coefficient (Wildman–Crippen LogP) is 1.16. The van der Waals surface area contributed by atoms with Gasteiger partial charge in [-0.25, -0.2) is 0 Å². The molecule has 1 saturated heterocycles. The highest BCUT2D eigenvalue weighted by Gasteiger charge is 2.29. The van der Waals surface area contributed by atoms with Crippen LogP contribution in [-0.4, -0.2) is 36.1 Å². The number of carbonyl (C=O) groups is 2. The first-order chi connectivity index (χ1) is 9.08. The van der Waals surface area contributed by atoms with Crippen LogP contribution in [0.3, 0.4) is 0 Å². The van der Waals surface area contributed by atoms with E-state index in [0.29, 0.717) is 13.1 Å². The van der Waals surface area contributed by atoms with E-state index in [-0.39, 0.29) is 12.3 Å². The number of carboxylic acids is 1. The number of amides is 1. The van der Waals surface area contributed by atoms with Crippen LogP contribution in [0.2, 0.25) is 0 Å². The van der Waals surface area contributed by atoms with Crippen molar-refractivity contribution in [1.29, 1.82) is 0 Å². The molecule has 2 rings (SSSR count). The number of carbonyl (C=O) groups excluding carboxylic acids is 1. The average molecular weight is 262 g/mol.